The van der Waals surface area contributed by atoms with Crippen molar-refractivity contribution in [1.29, 1.82) is 0 Å². The molecule has 2 aromatic carbocycles. The Balaban J connectivity index is 1.74. The summed E-state index contributed by atoms with van der Waals surface area (Å²) in [6.45, 7) is 3.44. The van der Waals surface area contributed by atoms with Crippen LogP contribution in [0.25, 0.3) is 12.2 Å². The molecular weight excluding hydrogens is 330 g/mol. The van der Waals surface area contributed by atoms with Crippen LogP contribution in [0.1, 0.15) is 30.9 Å². The fourth-order valence-corrected chi connectivity index (χ4v) is 2.15. The molecule has 0 aliphatic heterocycles. The minimum absolute atomic E-state index is 0.239. The van der Waals surface area contributed by atoms with Crippen LogP contribution in [0.5, 0.6) is 5.75 Å². The second kappa shape index (κ2) is 10.9. The van der Waals surface area contributed by atoms with Crippen LogP contribution in [0, 0.1) is 0 Å². The Morgan fingerprint density at radius 1 is 0.962 bits per heavy atom. The van der Waals surface area contributed by atoms with Gasteiger partial charge in [0, 0.05) is 12.3 Å². The van der Waals surface area contributed by atoms with E-state index in [9.17, 15) is 9.90 Å². The number of phenolic OH excluding ortho intramolecular Hbond substituents is 1. The van der Waals surface area contributed by atoms with E-state index < -0.39 is 6.09 Å². The van der Waals surface area contributed by atoms with Crippen molar-refractivity contribution in [3.05, 3.63) is 59.7 Å². The monoisotopic (exact) mass is 355 g/mol. The van der Waals surface area contributed by atoms with Gasteiger partial charge in [0.1, 0.15) is 12.4 Å². The highest BCUT2D eigenvalue weighted by Gasteiger charge is 2.02. The van der Waals surface area contributed by atoms with E-state index in [0.717, 1.165) is 24.0 Å². The number of anilines is 1. The lowest BCUT2D eigenvalue weighted by Crippen LogP contribution is -2.16. The first kappa shape index (κ1) is 19.5. The SMILES string of the molecule is CCCCOCCOC(=O)Nc1ccc(C=Cc2ccc(O)cc2)cc1. The zero-order valence-electron chi connectivity index (χ0n) is 15.0. The third-order valence-electron chi connectivity index (χ3n) is 3.62. The number of ether oxygens (including phenoxy) is 2. The molecule has 5 heteroatoms. The lowest BCUT2D eigenvalue weighted by Gasteiger charge is -2.07. The van der Waals surface area contributed by atoms with Crippen molar-refractivity contribution in [2.75, 3.05) is 25.1 Å². The van der Waals surface area contributed by atoms with E-state index in [2.05, 4.69) is 12.2 Å². The summed E-state index contributed by atoms with van der Waals surface area (Å²) in [4.78, 5) is 11.7. The van der Waals surface area contributed by atoms with E-state index in [4.69, 9.17) is 9.47 Å². The Kier molecular flexibility index (Phi) is 8.23. The number of nitrogens with one attached hydrogen (secondary N) is 1. The smallest absolute Gasteiger partial charge is 0.411 e. The molecule has 0 aliphatic rings. The Morgan fingerprint density at radius 3 is 2.19 bits per heavy atom. The van der Waals surface area contributed by atoms with Crippen molar-refractivity contribution in [2.45, 2.75) is 19.8 Å². The highest BCUT2D eigenvalue weighted by atomic mass is 16.6. The molecule has 138 valence electrons. The van der Waals surface area contributed by atoms with Crippen molar-refractivity contribution in [2.24, 2.45) is 0 Å². The number of aromatic hydroxyl groups is 1. The molecular formula is C21H25NO4. The minimum Gasteiger partial charge on any atom is -0.508 e. The average Bonchev–Trinajstić information content (AvgIpc) is 2.65. The van der Waals surface area contributed by atoms with Gasteiger partial charge in [-0.15, -0.1) is 0 Å². The quantitative estimate of drug-likeness (QED) is 0.494. The Labute approximate surface area is 154 Å². The summed E-state index contributed by atoms with van der Waals surface area (Å²) >= 11 is 0. The van der Waals surface area contributed by atoms with Crippen molar-refractivity contribution in [1.82, 2.24) is 0 Å². The zero-order chi connectivity index (χ0) is 18.6. The molecule has 0 aromatic heterocycles. The van der Waals surface area contributed by atoms with Gasteiger partial charge in [0.25, 0.3) is 0 Å². The van der Waals surface area contributed by atoms with E-state index >= 15 is 0 Å². The zero-order valence-corrected chi connectivity index (χ0v) is 15.0. The maximum atomic E-state index is 11.7. The molecule has 0 spiro atoms. The largest absolute Gasteiger partial charge is 0.508 e. The van der Waals surface area contributed by atoms with Crippen molar-refractivity contribution >= 4 is 23.9 Å². The van der Waals surface area contributed by atoms with Crippen LogP contribution in [0.4, 0.5) is 10.5 Å². The molecule has 0 fully saturated rings. The second-order valence-electron chi connectivity index (χ2n) is 5.77. The molecule has 0 aliphatic carbocycles. The first-order chi connectivity index (χ1) is 12.7. The minimum atomic E-state index is -0.489. The van der Waals surface area contributed by atoms with Crippen molar-refractivity contribution < 1.29 is 19.4 Å². The van der Waals surface area contributed by atoms with Crippen LogP contribution in [0.3, 0.4) is 0 Å². The molecule has 0 bridgehead atoms. The molecule has 0 heterocycles. The molecule has 2 aromatic rings. The van der Waals surface area contributed by atoms with Crippen LogP contribution < -0.4 is 5.32 Å². The van der Waals surface area contributed by atoms with Gasteiger partial charge in [-0.1, -0.05) is 49.8 Å². The third-order valence-corrected chi connectivity index (χ3v) is 3.62. The standard InChI is InChI=1S/C21H25NO4/c1-2-3-14-25-15-16-26-21(24)22-19-10-6-17(7-11-19)4-5-18-8-12-20(23)13-9-18/h4-13,23H,2-3,14-16H2,1H3,(H,22,24). The number of amides is 1. The van der Waals surface area contributed by atoms with Crippen LogP contribution in [-0.4, -0.2) is 31.0 Å². The van der Waals surface area contributed by atoms with Crippen LogP contribution in [-0.2, 0) is 9.47 Å². The lowest BCUT2D eigenvalue weighted by atomic mass is 10.1. The second-order valence-corrected chi connectivity index (χ2v) is 5.77. The van der Waals surface area contributed by atoms with Gasteiger partial charge in [-0.25, -0.2) is 4.79 Å². The fraction of sp³-hybridized carbons (Fsp3) is 0.286. The summed E-state index contributed by atoms with van der Waals surface area (Å²) < 4.78 is 10.4. The molecule has 0 radical (unpaired) electrons. The summed E-state index contributed by atoms with van der Waals surface area (Å²) in [5.41, 5.74) is 2.67. The Bertz CT molecular complexity index is 693. The topological polar surface area (TPSA) is 67.8 Å². The average molecular weight is 355 g/mol. The normalized spacial score (nSPS) is 10.8. The molecule has 5 nitrogen and oxygen atoms in total. The molecule has 0 unspecified atom stereocenters. The van der Waals surface area contributed by atoms with E-state index in [0.29, 0.717) is 18.9 Å². The first-order valence-corrected chi connectivity index (χ1v) is 8.76. The van der Waals surface area contributed by atoms with Gasteiger partial charge < -0.3 is 14.6 Å². The van der Waals surface area contributed by atoms with Crippen LogP contribution in [0.15, 0.2) is 48.5 Å². The fourth-order valence-electron chi connectivity index (χ4n) is 2.15. The highest BCUT2D eigenvalue weighted by Crippen LogP contribution is 2.15. The maximum absolute atomic E-state index is 11.7. The number of hydrogen-bond donors (Lipinski definition) is 2. The van der Waals surface area contributed by atoms with Crippen LogP contribution >= 0.6 is 0 Å². The lowest BCUT2D eigenvalue weighted by molar-refractivity contribution is 0.0768. The number of benzene rings is 2. The van der Waals surface area contributed by atoms with Gasteiger partial charge in [-0.05, 0) is 41.8 Å². The summed E-state index contributed by atoms with van der Waals surface area (Å²) in [6.07, 6.45) is 5.52. The van der Waals surface area contributed by atoms with Gasteiger partial charge in [-0.2, -0.15) is 0 Å². The number of phenols is 1. The van der Waals surface area contributed by atoms with Crippen molar-refractivity contribution in [3.8, 4) is 5.75 Å². The Hall–Kier alpha value is -2.79. The molecule has 1 amide bonds. The third kappa shape index (κ3) is 7.40. The molecule has 0 saturated heterocycles. The number of carbonyl (C=O) groups is 1. The molecule has 0 saturated carbocycles. The summed E-state index contributed by atoms with van der Waals surface area (Å²) in [5, 5.41) is 12.0. The first-order valence-electron chi connectivity index (χ1n) is 8.76. The molecule has 0 atom stereocenters. The maximum Gasteiger partial charge on any atom is 0.411 e. The Morgan fingerprint density at radius 2 is 1.58 bits per heavy atom. The van der Waals surface area contributed by atoms with E-state index in [1.54, 1.807) is 12.1 Å². The number of hydrogen-bond acceptors (Lipinski definition) is 4. The summed E-state index contributed by atoms with van der Waals surface area (Å²) in [7, 11) is 0. The number of unbranched alkanes of at least 4 members (excludes halogenated alkanes) is 1. The number of rotatable bonds is 9. The van der Waals surface area contributed by atoms with E-state index in [-0.39, 0.29) is 12.4 Å². The van der Waals surface area contributed by atoms with Gasteiger partial charge >= 0.3 is 6.09 Å². The van der Waals surface area contributed by atoms with E-state index in [1.807, 2.05) is 48.6 Å². The van der Waals surface area contributed by atoms with Gasteiger partial charge in [0.05, 0.1) is 6.61 Å². The molecule has 2 rings (SSSR count). The predicted octanol–water partition coefficient (Wildman–Crippen LogP) is 4.93. The van der Waals surface area contributed by atoms with Crippen molar-refractivity contribution in [3.63, 3.8) is 0 Å². The van der Waals surface area contributed by atoms with Gasteiger partial charge in [0.15, 0.2) is 0 Å². The van der Waals surface area contributed by atoms with Gasteiger partial charge in [0.2, 0.25) is 0 Å². The van der Waals surface area contributed by atoms with Gasteiger partial charge in [-0.3, -0.25) is 5.32 Å². The highest BCUT2D eigenvalue weighted by molar-refractivity contribution is 5.84. The molecule has 26 heavy (non-hydrogen) atoms. The van der Waals surface area contributed by atoms with E-state index in [1.165, 1.54) is 0 Å². The summed E-state index contributed by atoms with van der Waals surface area (Å²) in [5.74, 6) is 0.247. The number of carbonyl (C=O) groups excluding carboxylic acids is 1. The molecule has 2 N–H and O–H groups in total. The van der Waals surface area contributed by atoms with Crippen LogP contribution in [0.2, 0.25) is 0 Å². The summed E-state index contributed by atoms with van der Waals surface area (Å²) in [6, 6.07) is 14.4. The predicted molar refractivity (Wildman–Crippen MR) is 104 cm³/mol.